The Bertz CT molecular complexity index is 1270. The summed E-state index contributed by atoms with van der Waals surface area (Å²) in [5.74, 6) is -1.10. The number of benzene rings is 2. The van der Waals surface area contributed by atoms with Gasteiger partial charge < -0.3 is 14.7 Å². The minimum atomic E-state index is -3.89. The third kappa shape index (κ3) is 3.87. The van der Waals surface area contributed by atoms with Gasteiger partial charge in [0.25, 0.3) is 0 Å². The Morgan fingerprint density at radius 3 is 2.37 bits per heavy atom. The molecule has 2 unspecified atom stereocenters. The van der Waals surface area contributed by atoms with Crippen LogP contribution in [0.4, 0.5) is 0 Å². The molecule has 2 atom stereocenters. The number of likely N-dealkylation sites (tertiary alicyclic amines) is 1. The number of carbonyl (C=O) groups is 2. The van der Waals surface area contributed by atoms with E-state index in [-0.39, 0.29) is 29.7 Å². The Labute approximate surface area is 213 Å². The Hall–Kier alpha value is -2.39. The molecule has 0 bridgehead atoms. The van der Waals surface area contributed by atoms with Crippen molar-refractivity contribution in [2.24, 2.45) is 11.8 Å². The van der Waals surface area contributed by atoms with Crippen LogP contribution in [0, 0.1) is 18.8 Å². The van der Waals surface area contributed by atoms with Crippen molar-refractivity contribution in [2.45, 2.75) is 54.7 Å². The second-order valence-electron chi connectivity index (χ2n) is 9.84. The van der Waals surface area contributed by atoms with E-state index in [1.807, 2.05) is 13.0 Å². The van der Waals surface area contributed by atoms with Crippen LogP contribution in [0.25, 0.3) is 0 Å². The lowest BCUT2D eigenvalue weighted by atomic mass is 9.81. The van der Waals surface area contributed by atoms with Gasteiger partial charge in [-0.05, 0) is 63.3 Å². The maximum absolute atomic E-state index is 14.3. The molecule has 9 heteroatoms. The zero-order chi connectivity index (χ0) is 25.0. The number of aryl methyl sites for hydroxylation is 1. The third-order valence-corrected chi connectivity index (χ3v) is 11.0. The molecule has 35 heavy (non-hydrogen) atoms. The fourth-order valence-corrected chi connectivity index (χ4v) is 8.63. The van der Waals surface area contributed by atoms with Crippen LogP contribution in [-0.4, -0.2) is 49.5 Å². The number of amides is 1. The van der Waals surface area contributed by atoms with Crippen LogP contribution in [0.3, 0.4) is 0 Å². The van der Waals surface area contributed by atoms with E-state index in [1.54, 1.807) is 41.3 Å². The van der Waals surface area contributed by atoms with Gasteiger partial charge in [0.05, 0.1) is 16.9 Å². The molecule has 2 aromatic carbocycles. The molecule has 186 valence electrons. The van der Waals surface area contributed by atoms with Crippen LogP contribution < -0.4 is 4.74 Å². The molecule has 2 aromatic rings. The molecule has 1 aliphatic carbocycles. The lowest BCUT2D eigenvalue weighted by molar-refractivity contribution is -0.146. The molecular weight excluding hydrogens is 534 g/mol. The zero-order valence-electron chi connectivity index (χ0n) is 19.4. The number of carboxylic acid groups (broad SMARTS) is 1. The van der Waals surface area contributed by atoms with E-state index in [4.69, 9.17) is 4.74 Å². The largest absolute Gasteiger partial charge is 0.491 e. The van der Waals surface area contributed by atoms with Crippen LogP contribution >= 0.6 is 15.9 Å². The van der Waals surface area contributed by atoms with E-state index in [9.17, 15) is 23.1 Å². The Morgan fingerprint density at radius 2 is 1.71 bits per heavy atom. The number of hydrogen-bond acceptors (Lipinski definition) is 5. The van der Waals surface area contributed by atoms with Crippen molar-refractivity contribution in [3.05, 3.63) is 58.1 Å². The van der Waals surface area contributed by atoms with E-state index >= 15 is 0 Å². The summed E-state index contributed by atoms with van der Waals surface area (Å²) >= 11 is 3.45. The second-order valence-corrected chi connectivity index (χ2v) is 13.0. The number of halogens is 1. The van der Waals surface area contributed by atoms with Gasteiger partial charge >= 0.3 is 5.97 Å². The Balaban J connectivity index is 1.55. The average Bonchev–Trinajstić information content (AvgIpc) is 3.25. The van der Waals surface area contributed by atoms with Gasteiger partial charge in [-0.2, -0.15) is 0 Å². The van der Waals surface area contributed by atoms with Crippen molar-refractivity contribution in [1.29, 1.82) is 0 Å². The molecule has 1 saturated carbocycles. The van der Waals surface area contributed by atoms with E-state index in [0.717, 1.165) is 10.0 Å². The summed E-state index contributed by atoms with van der Waals surface area (Å²) in [5, 5.41) is 9.31. The number of hydrogen-bond donors (Lipinski definition) is 1. The smallest absolute Gasteiger partial charge is 0.306 e. The zero-order valence-corrected chi connectivity index (χ0v) is 21.8. The molecule has 5 rings (SSSR count). The molecule has 0 aromatic heterocycles. The molecular formula is C26H28BrNO6S. The van der Waals surface area contributed by atoms with Gasteiger partial charge in [0, 0.05) is 22.5 Å². The number of fused-ring (bicyclic) bond motifs is 3. The number of ether oxygens (including phenoxy) is 1. The van der Waals surface area contributed by atoms with Crippen LogP contribution in [0.15, 0.2) is 51.8 Å². The quantitative estimate of drug-likeness (QED) is 0.596. The van der Waals surface area contributed by atoms with Gasteiger partial charge in [-0.25, -0.2) is 8.42 Å². The Kier molecular flexibility index (Phi) is 6.20. The molecule has 1 amide bonds. The number of carbonyl (C=O) groups excluding carboxylic acids is 1. The first-order chi connectivity index (χ1) is 16.6. The second kappa shape index (κ2) is 8.92. The van der Waals surface area contributed by atoms with Crippen molar-refractivity contribution in [3.8, 4) is 5.75 Å². The summed E-state index contributed by atoms with van der Waals surface area (Å²) in [6.07, 6.45) is 2.21. The summed E-state index contributed by atoms with van der Waals surface area (Å²) in [6.45, 7) is 2.31. The molecule has 1 saturated heterocycles. The monoisotopic (exact) mass is 561 g/mol. The predicted molar refractivity (Wildman–Crippen MR) is 133 cm³/mol. The maximum atomic E-state index is 14.3. The first-order valence-corrected chi connectivity index (χ1v) is 14.2. The first-order valence-electron chi connectivity index (χ1n) is 11.9. The number of sulfone groups is 1. The van der Waals surface area contributed by atoms with Gasteiger partial charge in [-0.15, -0.1) is 0 Å². The SMILES string of the molecule is Cc1ccc(S(=O)(=O)C23CCN(C(=O)C4CCC(C(=O)O)CC4)C2COc2cc(Br)ccc23)cc1. The molecule has 0 radical (unpaired) electrons. The lowest BCUT2D eigenvalue weighted by Gasteiger charge is -2.43. The normalized spacial score (nSPS) is 28.1. The first kappa shape index (κ1) is 24.3. The standard InChI is InChI=1S/C26H28BrNO6S/c1-16-2-9-20(10-3-16)35(32,33)26-12-13-28(24(29)17-4-6-18(7-5-17)25(30)31)23(26)15-34-22-14-19(27)8-11-21(22)26/h2-3,8-11,14,17-18,23H,4-7,12-13,15H2,1H3,(H,30,31). The minimum absolute atomic E-state index is 0.0881. The van der Waals surface area contributed by atoms with Crippen molar-refractivity contribution in [3.63, 3.8) is 0 Å². The van der Waals surface area contributed by atoms with Gasteiger partial charge in [0.2, 0.25) is 5.91 Å². The van der Waals surface area contributed by atoms with Gasteiger partial charge in [-0.1, -0.05) is 39.7 Å². The summed E-state index contributed by atoms with van der Waals surface area (Å²) in [7, 11) is -3.89. The van der Waals surface area contributed by atoms with Crippen molar-refractivity contribution < 1.29 is 27.9 Å². The van der Waals surface area contributed by atoms with Crippen molar-refractivity contribution in [2.75, 3.05) is 13.2 Å². The minimum Gasteiger partial charge on any atom is -0.491 e. The fraction of sp³-hybridized carbons (Fsp3) is 0.462. The van der Waals surface area contributed by atoms with Crippen LogP contribution in [-0.2, 0) is 24.2 Å². The molecule has 2 aliphatic heterocycles. The topological polar surface area (TPSA) is 101 Å². The summed E-state index contributed by atoms with van der Waals surface area (Å²) in [4.78, 5) is 26.9. The van der Waals surface area contributed by atoms with Gasteiger partial charge in [-0.3, -0.25) is 9.59 Å². The van der Waals surface area contributed by atoms with Gasteiger partial charge in [0.1, 0.15) is 17.1 Å². The van der Waals surface area contributed by atoms with Crippen molar-refractivity contribution in [1.82, 2.24) is 4.90 Å². The average molecular weight is 562 g/mol. The van der Waals surface area contributed by atoms with Crippen LogP contribution in [0.5, 0.6) is 5.75 Å². The molecule has 7 nitrogen and oxygen atoms in total. The summed E-state index contributed by atoms with van der Waals surface area (Å²) in [6, 6.07) is 11.6. The van der Waals surface area contributed by atoms with Crippen LogP contribution in [0.1, 0.15) is 43.2 Å². The van der Waals surface area contributed by atoms with E-state index < -0.39 is 32.5 Å². The highest BCUT2D eigenvalue weighted by molar-refractivity contribution is 9.10. The number of nitrogens with zero attached hydrogens (tertiary/aromatic N) is 1. The molecule has 3 aliphatic rings. The lowest BCUT2D eigenvalue weighted by Crippen LogP contribution is -2.55. The Morgan fingerprint density at radius 1 is 1.06 bits per heavy atom. The number of rotatable bonds is 4. The number of aliphatic carboxylic acids is 1. The van der Waals surface area contributed by atoms with E-state index in [2.05, 4.69) is 15.9 Å². The highest BCUT2D eigenvalue weighted by Gasteiger charge is 2.62. The number of carboxylic acids is 1. The summed E-state index contributed by atoms with van der Waals surface area (Å²) < 4.78 is 34.2. The highest BCUT2D eigenvalue weighted by Crippen LogP contribution is 2.53. The van der Waals surface area contributed by atoms with Crippen LogP contribution in [0.2, 0.25) is 0 Å². The maximum Gasteiger partial charge on any atom is 0.306 e. The summed E-state index contributed by atoms with van der Waals surface area (Å²) in [5.41, 5.74) is 1.55. The highest BCUT2D eigenvalue weighted by atomic mass is 79.9. The molecule has 0 spiro atoms. The molecule has 1 N–H and O–H groups in total. The van der Waals surface area contributed by atoms with E-state index in [1.165, 1.54) is 0 Å². The third-order valence-electron chi connectivity index (χ3n) is 7.95. The van der Waals surface area contributed by atoms with Crippen molar-refractivity contribution >= 4 is 37.6 Å². The predicted octanol–water partition coefficient (Wildman–Crippen LogP) is 4.31. The van der Waals surface area contributed by atoms with E-state index in [0.29, 0.717) is 43.5 Å². The molecule has 2 heterocycles. The fourth-order valence-electron chi connectivity index (χ4n) is 6.00. The molecule has 2 fully saturated rings. The van der Waals surface area contributed by atoms with Gasteiger partial charge in [0.15, 0.2) is 9.84 Å².